The Morgan fingerprint density at radius 3 is 2.50 bits per heavy atom. The molecule has 0 aliphatic carbocycles. The van der Waals surface area contributed by atoms with E-state index in [9.17, 15) is 25.2 Å². The summed E-state index contributed by atoms with van der Waals surface area (Å²) in [7, 11) is 0. The van der Waals surface area contributed by atoms with Crippen molar-refractivity contribution < 1.29 is 34.7 Å². The standard InChI is InChI=1S/C25H28O7/c1-13(2)5-4-10-25(3)19(27)11-16-17(32-25)12-18-20(21(16)28)22(29)23(30)24(31-18)14-6-8-15(26)9-7-14/h5-9,12,19,23-24,26-28,30H,4,10-11H2,1-3H3. The number of carbonyl (C=O) groups excluding carboxylic acids is 1. The number of carbonyl (C=O) groups is 1. The maximum atomic E-state index is 12.9. The summed E-state index contributed by atoms with van der Waals surface area (Å²) < 4.78 is 12.1. The van der Waals surface area contributed by atoms with Crippen LogP contribution in [-0.2, 0) is 6.42 Å². The van der Waals surface area contributed by atoms with E-state index in [1.807, 2.05) is 20.8 Å². The predicted molar refractivity (Wildman–Crippen MR) is 117 cm³/mol. The van der Waals surface area contributed by atoms with E-state index in [1.54, 1.807) is 18.2 Å². The van der Waals surface area contributed by atoms with Crippen LogP contribution in [0.2, 0.25) is 0 Å². The quantitative estimate of drug-likeness (QED) is 0.537. The lowest BCUT2D eigenvalue weighted by Gasteiger charge is -2.41. The first-order valence-electron chi connectivity index (χ1n) is 10.7. The van der Waals surface area contributed by atoms with Crippen LogP contribution >= 0.6 is 0 Å². The number of allylic oxidation sites excluding steroid dienone is 2. The second-order valence-electron chi connectivity index (χ2n) is 8.97. The van der Waals surface area contributed by atoms with Gasteiger partial charge in [-0.2, -0.15) is 0 Å². The first-order chi connectivity index (χ1) is 15.1. The second kappa shape index (κ2) is 8.15. The Labute approximate surface area is 186 Å². The van der Waals surface area contributed by atoms with E-state index in [1.165, 1.54) is 17.7 Å². The van der Waals surface area contributed by atoms with Crippen LogP contribution in [0.1, 0.15) is 61.2 Å². The number of rotatable bonds is 4. The van der Waals surface area contributed by atoms with Crippen molar-refractivity contribution in [3.63, 3.8) is 0 Å². The zero-order valence-electron chi connectivity index (χ0n) is 18.3. The molecule has 0 amide bonds. The predicted octanol–water partition coefficient (Wildman–Crippen LogP) is 3.58. The number of phenolic OH excluding ortho intramolecular Hbond substituents is 2. The van der Waals surface area contributed by atoms with Crippen LogP contribution in [0.3, 0.4) is 0 Å². The van der Waals surface area contributed by atoms with Crippen molar-refractivity contribution in [3.05, 3.63) is 58.7 Å². The van der Waals surface area contributed by atoms with Crippen LogP contribution in [0.15, 0.2) is 42.0 Å². The molecule has 0 fully saturated rings. The fourth-order valence-electron chi connectivity index (χ4n) is 4.28. The van der Waals surface area contributed by atoms with Gasteiger partial charge < -0.3 is 29.9 Å². The highest BCUT2D eigenvalue weighted by Crippen LogP contribution is 2.49. The van der Waals surface area contributed by atoms with Crippen molar-refractivity contribution in [2.75, 3.05) is 0 Å². The van der Waals surface area contributed by atoms with E-state index in [2.05, 4.69) is 6.08 Å². The summed E-state index contributed by atoms with van der Waals surface area (Å²) in [6, 6.07) is 7.56. The minimum absolute atomic E-state index is 0.0526. The van der Waals surface area contributed by atoms with Crippen molar-refractivity contribution in [2.24, 2.45) is 0 Å². The van der Waals surface area contributed by atoms with E-state index in [0.29, 0.717) is 23.3 Å². The number of aromatic hydroxyl groups is 2. The number of fused-ring (bicyclic) bond motifs is 2. The summed E-state index contributed by atoms with van der Waals surface area (Å²) in [6.45, 7) is 5.84. The Morgan fingerprint density at radius 2 is 1.84 bits per heavy atom. The number of ether oxygens (including phenoxy) is 2. The molecule has 7 heteroatoms. The van der Waals surface area contributed by atoms with Gasteiger partial charge in [-0.3, -0.25) is 4.79 Å². The fourth-order valence-corrected chi connectivity index (χ4v) is 4.28. The molecule has 4 N–H and O–H groups in total. The lowest BCUT2D eigenvalue weighted by atomic mass is 9.83. The minimum Gasteiger partial charge on any atom is -0.508 e. The second-order valence-corrected chi connectivity index (χ2v) is 8.97. The number of hydrogen-bond donors (Lipinski definition) is 4. The zero-order chi connectivity index (χ0) is 23.2. The lowest BCUT2D eigenvalue weighted by molar-refractivity contribution is -0.0597. The summed E-state index contributed by atoms with van der Waals surface area (Å²) >= 11 is 0. The van der Waals surface area contributed by atoms with E-state index >= 15 is 0 Å². The van der Waals surface area contributed by atoms with Crippen molar-refractivity contribution in [1.82, 2.24) is 0 Å². The van der Waals surface area contributed by atoms with Crippen molar-refractivity contribution in [2.45, 2.75) is 63.9 Å². The van der Waals surface area contributed by atoms with E-state index in [0.717, 1.165) is 6.42 Å². The molecule has 0 radical (unpaired) electrons. The number of Topliss-reactive ketones (excluding diaryl/α,β-unsaturated/α-hetero) is 1. The summed E-state index contributed by atoms with van der Waals surface area (Å²) in [4.78, 5) is 12.9. The monoisotopic (exact) mass is 440 g/mol. The van der Waals surface area contributed by atoms with Gasteiger partial charge in [0.05, 0.1) is 6.10 Å². The third-order valence-electron chi connectivity index (χ3n) is 6.24. The SMILES string of the molecule is CC(C)=CCCC1(C)Oc2cc3c(c(O)c2CC1O)C(=O)C(O)C(c1ccc(O)cc1)O3. The summed E-state index contributed by atoms with van der Waals surface area (Å²) in [5.41, 5.74) is 1.03. The molecule has 4 rings (SSSR count). The molecule has 32 heavy (non-hydrogen) atoms. The number of phenols is 2. The molecular formula is C25H28O7. The molecule has 2 heterocycles. The third-order valence-corrected chi connectivity index (χ3v) is 6.24. The van der Waals surface area contributed by atoms with Gasteiger partial charge in [0.1, 0.15) is 34.2 Å². The first-order valence-corrected chi connectivity index (χ1v) is 10.7. The molecule has 4 unspecified atom stereocenters. The van der Waals surface area contributed by atoms with Gasteiger partial charge in [0.25, 0.3) is 0 Å². The minimum atomic E-state index is -1.53. The molecule has 0 bridgehead atoms. The van der Waals surface area contributed by atoms with Crippen molar-refractivity contribution in [3.8, 4) is 23.0 Å². The fraction of sp³-hybridized carbons (Fsp3) is 0.400. The van der Waals surface area contributed by atoms with Gasteiger partial charge in [-0.25, -0.2) is 0 Å². The van der Waals surface area contributed by atoms with Crippen LogP contribution in [-0.4, -0.2) is 44.0 Å². The normalized spacial score (nSPS) is 26.4. The summed E-state index contributed by atoms with van der Waals surface area (Å²) in [5, 5.41) is 41.7. The van der Waals surface area contributed by atoms with Gasteiger partial charge in [0.2, 0.25) is 5.78 Å². The third kappa shape index (κ3) is 3.82. The van der Waals surface area contributed by atoms with Gasteiger partial charge in [0.15, 0.2) is 12.2 Å². The highest BCUT2D eigenvalue weighted by Gasteiger charge is 2.45. The van der Waals surface area contributed by atoms with Crippen LogP contribution in [0.5, 0.6) is 23.0 Å². The Bertz CT molecular complexity index is 1070. The average molecular weight is 440 g/mol. The number of hydrogen-bond acceptors (Lipinski definition) is 7. The van der Waals surface area contributed by atoms with Crippen LogP contribution < -0.4 is 9.47 Å². The Morgan fingerprint density at radius 1 is 1.16 bits per heavy atom. The maximum Gasteiger partial charge on any atom is 0.202 e. The number of aliphatic hydroxyl groups excluding tert-OH is 2. The molecule has 7 nitrogen and oxygen atoms in total. The molecule has 0 saturated carbocycles. The summed E-state index contributed by atoms with van der Waals surface area (Å²) in [6.07, 6.45) is 0.0964. The highest BCUT2D eigenvalue weighted by molar-refractivity contribution is 6.06. The zero-order valence-corrected chi connectivity index (χ0v) is 18.3. The molecule has 4 atom stereocenters. The lowest BCUT2D eigenvalue weighted by Crippen LogP contribution is -2.49. The molecular weight excluding hydrogens is 412 g/mol. The Hall–Kier alpha value is -3.03. The smallest absolute Gasteiger partial charge is 0.202 e. The van der Waals surface area contributed by atoms with E-state index in [4.69, 9.17) is 9.47 Å². The molecule has 170 valence electrons. The highest BCUT2D eigenvalue weighted by atomic mass is 16.5. The number of benzene rings is 2. The molecule has 0 saturated heterocycles. The topological polar surface area (TPSA) is 116 Å². The van der Waals surface area contributed by atoms with Crippen molar-refractivity contribution in [1.29, 1.82) is 0 Å². The van der Waals surface area contributed by atoms with Gasteiger partial charge in [-0.15, -0.1) is 0 Å². The van der Waals surface area contributed by atoms with E-state index in [-0.39, 0.29) is 29.2 Å². The molecule has 2 aliphatic rings. The maximum absolute atomic E-state index is 12.9. The first kappa shape index (κ1) is 22.2. The van der Waals surface area contributed by atoms with Gasteiger partial charge in [0, 0.05) is 18.1 Å². The molecule has 2 aromatic carbocycles. The average Bonchev–Trinajstić information content (AvgIpc) is 2.73. The Kier molecular flexibility index (Phi) is 5.65. The molecule has 0 aromatic heterocycles. The van der Waals surface area contributed by atoms with Crippen LogP contribution in [0.25, 0.3) is 0 Å². The number of ketones is 1. The molecule has 2 aromatic rings. The van der Waals surface area contributed by atoms with Gasteiger partial charge in [-0.05, 0) is 51.3 Å². The number of aliphatic hydroxyl groups is 2. The largest absolute Gasteiger partial charge is 0.508 e. The van der Waals surface area contributed by atoms with Gasteiger partial charge >= 0.3 is 0 Å². The molecule has 0 spiro atoms. The Balaban J connectivity index is 1.70. The van der Waals surface area contributed by atoms with Gasteiger partial charge in [-0.1, -0.05) is 23.8 Å². The van der Waals surface area contributed by atoms with Crippen molar-refractivity contribution >= 4 is 5.78 Å². The van der Waals surface area contributed by atoms with Crippen LogP contribution in [0, 0.1) is 0 Å². The summed E-state index contributed by atoms with van der Waals surface area (Å²) in [5.74, 6) is -0.499. The van der Waals surface area contributed by atoms with E-state index < -0.39 is 29.7 Å². The molecule has 2 aliphatic heterocycles. The van der Waals surface area contributed by atoms with Crippen LogP contribution in [0.4, 0.5) is 0 Å².